The van der Waals surface area contributed by atoms with Gasteiger partial charge in [-0.2, -0.15) is 13.2 Å². The van der Waals surface area contributed by atoms with Gasteiger partial charge in [-0.15, -0.1) is 0 Å². The van der Waals surface area contributed by atoms with Crippen LogP contribution in [0.15, 0.2) is 59.4 Å². The van der Waals surface area contributed by atoms with Gasteiger partial charge in [-0.3, -0.25) is 9.36 Å². The van der Waals surface area contributed by atoms with Crippen LogP contribution < -0.4 is 5.56 Å². The van der Waals surface area contributed by atoms with Crippen LogP contribution in [0, 0.1) is 5.82 Å². The number of pyridine rings is 1. The molecular formula is C20H11ClF4N2O2. The minimum absolute atomic E-state index is 0.0575. The first-order chi connectivity index (χ1) is 13.7. The molecule has 0 spiro atoms. The molecule has 4 nitrogen and oxygen atoms in total. The molecule has 29 heavy (non-hydrogen) atoms. The van der Waals surface area contributed by atoms with Gasteiger partial charge in [0.25, 0.3) is 5.56 Å². The maximum Gasteiger partial charge on any atom is 0.416 e. The lowest BCUT2D eigenvalue weighted by molar-refractivity contribution is -0.137. The van der Waals surface area contributed by atoms with Gasteiger partial charge < -0.3 is 10.1 Å². The summed E-state index contributed by atoms with van der Waals surface area (Å²) in [7, 11) is 0. The van der Waals surface area contributed by atoms with Gasteiger partial charge in [0.1, 0.15) is 16.5 Å². The molecule has 2 heterocycles. The minimum Gasteiger partial charge on any atom is -0.505 e. The predicted octanol–water partition coefficient (Wildman–Crippen LogP) is 5.50. The van der Waals surface area contributed by atoms with E-state index in [1.807, 2.05) is 0 Å². The van der Waals surface area contributed by atoms with Crippen LogP contribution >= 0.6 is 11.6 Å². The molecule has 0 bridgehead atoms. The van der Waals surface area contributed by atoms with Crippen molar-refractivity contribution < 1.29 is 22.7 Å². The maximum absolute atomic E-state index is 13.6. The molecule has 0 aliphatic carbocycles. The monoisotopic (exact) mass is 422 g/mol. The summed E-state index contributed by atoms with van der Waals surface area (Å²) in [6, 6.07) is 10.6. The molecule has 4 aromatic rings. The van der Waals surface area contributed by atoms with Crippen LogP contribution in [-0.2, 0) is 6.18 Å². The predicted molar refractivity (Wildman–Crippen MR) is 101 cm³/mol. The lowest BCUT2D eigenvalue weighted by atomic mass is 10.1. The third-order valence-electron chi connectivity index (χ3n) is 4.46. The molecule has 4 rings (SSSR count). The van der Waals surface area contributed by atoms with Gasteiger partial charge in [-0.1, -0.05) is 23.7 Å². The second-order valence-corrected chi connectivity index (χ2v) is 6.68. The third kappa shape index (κ3) is 3.25. The van der Waals surface area contributed by atoms with Gasteiger partial charge in [0.2, 0.25) is 0 Å². The number of aromatic nitrogens is 2. The second-order valence-electron chi connectivity index (χ2n) is 6.30. The van der Waals surface area contributed by atoms with Crippen LogP contribution in [-0.4, -0.2) is 14.7 Å². The Bertz CT molecular complexity index is 1290. The van der Waals surface area contributed by atoms with E-state index in [-0.39, 0.29) is 33.0 Å². The van der Waals surface area contributed by atoms with E-state index in [9.17, 15) is 27.5 Å². The van der Waals surface area contributed by atoms with Gasteiger partial charge in [-0.05, 0) is 48.0 Å². The molecule has 0 atom stereocenters. The Morgan fingerprint density at radius 2 is 1.72 bits per heavy atom. The molecule has 2 aromatic heterocycles. The number of fused-ring (bicyclic) bond motifs is 1. The van der Waals surface area contributed by atoms with E-state index in [2.05, 4.69) is 4.98 Å². The summed E-state index contributed by atoms with van der Waals surface area (Å²) in [6.07, 6.45) is -4.50. The zero-order chi connectivity index (χ0) is 20.9. The number of H-pyrrole nitrogens is 1. The molecule has 0 amide bonds. The van der Waals surface area contributed by atoms with Crippen LogP contribution in [0.5, 0.6) is 5.75 Å². The normalized spacial score (nSPS) is 11.9. The number of hydrogen-bond donors (Lipinski definition) is 2. The van der Waals surface area contributed by atoms with Crippen molar-refractivity contribution in [1.82, 2.24) is 9.55 Å². The largest absolute Gasteiger partial charge is 0.505 e. The fourth-order valence-electron chi connectivity index (χ4n) is 3.18. The zero-order valence-corrected chi connectivity index (χ0v) is 15.1. The Balaban J connectivity index is 1.98. The highest BCUT2D eigenvalue weighted by Crippen LogP contribution is 2.37. The van der Waals surface area contributed by atoms with Crippen molar-refractivity contribution in [3.63, 3.8) is 0 Å². The number of nitrogens with one attached hydrogen (secondary N) is 1. The van der Waals surface area contributed by atoms with Crippen LogP contribution in [0.25, 0.3) is 27.8 Å². The minimum atomic E-state index is -4.50. The summed E-state index contributed by atoms with van der Waals surface area (Å²) in [5.41, 5.74) is -1.05. The van der Waals surface area contributed by atoms with E-state index in [0.29, 0.717) is 0 Å². The molecule has 0 unspecified atom stereocenters. The molecule has 2 aromatic carbocycles. The lowest BCUT2D eigenvalue weighted by Gasteiger charge is -2.12. The topological polar surface area (TPSA) is 58.0 Å². The smallest absolute Gasteiger partial charge is 0.416 e. The van der Waals surface area contributed by atoms with E-state index in [0.717, 1.165) is 18.2 Å². The summed E-state index contributed by atoms with van der Waals surface area (Å²) in [6.45, 7) is 0. The Kier molecular flexibility index (Phi) is 4.38. The fraction of sp³-hybridized carbons (Fsp3) is 0.0500. The first-order valence-electron chi connectivity index (χ1n) is 8.26. The Morgan fingerprint density at radius 3 is 2.34 bits per heavy atom. The molecule has 0 radical (unpaired) electrons. The molecule has 0 fully saturated rings. The Morgan fingerprint density at radius 1 is 1.03 bits per heavy atom. The summed E-state index contributed by atoms with van der Waals surface area (Å²) in [4.78, 5) is 15.0. The Hall–Kier alpha value is -3.26. The lowest BCUT2D eigenvalue weighted by Crippen LogP contribution is -2.10. The van der Waals surface area contributed by atoms with E-state index < -0.39 is 28.9 Å². The highest BCUT2D eigenvalue weighted by molar-refractivity contribution is 6.31. The molecule has 148 valence electrons. The number of benzene rings is 2. The number of nitrogens with zero attached hydrogens (tertiary/aromatic N) is 1. The summed E-state index contributed by atoms with van der Waals surface area (Å²) >= 11 is 6.23. The van der Waals surface area contributed by atoms with Gasteiger partial charge in [0.05, 0.1) is 16.6 Å². The molecule has 0 saturated heterocycles. The summed E-state index contributed by atoms with van der Waals surface area (Å²) in [5, 5.41) is 10.9. The van der Waals surface area contributed by atoms with Crippen molar-refractivity contribution in [2.45, 2.75) is 6.18 Å². The number of aromatic hydroxyl groups is 1. The SMILES string of the molecule is O=c1[nH]c2cc(Cl)n(-c3ccc(C(F)(F)F)cc3)c2c(O)c1-c1cccc(F)c1. The van der Waals surface area contributed by atoms with Crippen LogP contribution in [0.4, 0.5) is 17.6 Å². The average molecular weight is 423 g/mol. The first kappa shape index (κ1) is 19.1. The molecule has 2 N–H and O–H groups in total. The van der Waals surface area contributed by atoms with Crippen molar-refractivity contribution in [1.29, 1.82) is 0 Å². The molecule has 0 aliphatic heterocycles. The average Bonchev–Trinajstić information content (AvgIpc) is 2.97. The molecular weight excluding hydrogens is 412 g/mol. The highest BCUT2D eigenvalue weighted by Gasteiger charge is 2.30. The molecule has 0 saturated carbocycles. The van der Waals surface area contributed by atoms with E-state index in [1.165, 1.54) is 41.0 Å². The number of halogens is 5. The molecule has 0 aliphatic rings. The van der Waals surface area contributed by atoms with Gasteiger partial charge in [0, 0.05) is 5.69 Å². The van der Waals surface area contributed by atoms with Crippen molar-refractivity contribution in [2.75, 3.05) is 0 Å². The van der Waals surface area contributed by atoms with Gasteiger partial charge in [0.15, 0.2) is 5.75 Å². The number of rotatable bonds is 2. The number of alkyl halides is 3. The van der Waals surface area contributed by atoms with Gasteiger partial charge >= 0.3 is 6.18 Å². The third-order valence-corrected chi connectivity index (χ3v) is 4.74. The Labute approximate surface area is 165 Å². The van der Waals surface area contributed by atoms with Gasteiger partial charge in [-0.25, -0.2) is 4.39 Å². The second kappa shape index (κ2) is 6.66. The van der Waals surface area contributed by atoms with E-state index in [4.69, 9.17) is 11.6 Å². The van der Waals surface area contributed by atoms with Crippen LogP contribution in [0.2, 0.25) is 5.15 Å². The van der Waals surface area contributed by atoms with E-state index in [1.54, 1.807) is 0 Å². The maximum atomic E-state index is 13.6. The van der Waals surface area contributed by atoms with Crippen LogP contribution in [0.1, 0.15) is 5.56 Å². The van der Waals surface area contributed by atoms with Crippen LogP contribution in [0.3, 0.4) is 0 Å². The standard InChI is InChI=1S/C20H11ClF4N2O2/c21-15-9-14-17(27(15)13-6-4-11(5-7-13)20(23,24)25)18(28)16(19(29)26-14)10-2-1-3-12(22)8-10/h1-9H,(H2,26,28,29). The summed E-state index contributed by atoms with van der Waals surface area (Å²) in [5.74, 6) is -1.07. The van der Waals surface area contributed by atoms with Crippen molar-refractivity contribution in [2.24, 2.45) is 0 Å². The first-order valence-corrected chi connectivity index (χ1v) is 8.64. The summed E-state index contributed by atoms with van der Waals surface area (Å²) < 4.78 is 53.4. The van der Waals surface area contributed by atoms with Crippen molar-refractivity contribution in [3.8, 4) is 22.6 Å². The van der Waals surface area contributed by atoms with E-state index >= 15 is 0 Å². The number of hydrogen-bond acceptors (Lipinski definition) is 2. The van der Waals surface area contributed by atoms with Crippen molar-refractivity contribution in [3.05, 3.63) is 81.5 Å². The number of aromatic amines is 1. The molecule has 9 heteroatoms. The van der Waals surface area contributed by atoms with Crippen molar-refractivity contribution >= 4 is 22.6 Å². The highest BCUT2D eigenvalue weighted by atomic mass is 35.5. The zero-order valence-electron chi connectivity index (χ0n) is 14.4. The quantitative estimate of drug-likeness (QED) is 0.419. The fourth-order valence-corrected chi connectivity index (χ4v) is 3.47.